The maximum absolute atomic E-state index is 12.6. The van der Waals surface area contributed by atoms with Crippen LogP contribution in [0.3, 0.4) is 0 Å². The van der Waals surface area contributed by atoms with Crippen molar-refractivity contribution in [3.63, 3.8) is 0 Å². The van der Waals surface area contributed by atoms with E-state index in [1.807, 2.05) is 6.07 Å². The van der Waals surface area contributed by atoms with Crippen molar-refractivity contribution in [1.29, 1.82) is 0 Å². The summed E-state index contributed by atoms with van der Waals surface area (Å²) in [7, 11) is 1.65. The molecule has 1 aromatic carbocycles. The Kier molecular flexibility index (Phi) is 8.62. The molecule has 2 aliphatic heterocycles. The van der Waals surface area contributed by atoms with Gasteiger partial charge in [-0.15, -0.1) is 0 Å². The molecule has 1 fully saturated rings. The van der Waals surface area contributed by atoms with Crippen LogP contribution >= 0.6 is 0 Å². The molecule has 10 heteroatoms. The van der Waals surface area contributed by atoms with Gasteiger partial charge in [-0.1, -0.05) is 24.3 Å². The number of amides is 2. The van der Waals surface area contributed by atoms with E-state index in [9.17, 15) is 14.7 Å². The molecule has 1 aromatic heterocycles. The van der Waals surface area contributed by atoms with Crippen molar-refractivity contribution in [2.24, 2.45) is 0 Å². The van der Waals surface area contributed by atoms with Gasteiger partial charge in [0.05, 0.1) is 12.6 Å². The average molecular weight is 482 g/mol. The summed E-state index contributed by atoms with van der Waals surface area (Å²) in [4.78, 5) is 36.9. The number of likely N-dealkylation sites (tertiary alicyclic amines) is 1. The molecule has 2 aromatic rings. The van der Waals surface area contributed by atoms with E-state index in [0.29, 0.717) is 18.9 Å². The fourth-order valence-electron chi connectivity index (χ4n) is 4.66. The molecule has 2 aliphatic rings. The summed E-state index contributed by atoms with van der Waals surface area (Å²) in [5, 5.41) is 19.3. The second-order valence-corrected chi connectivity index (χ2v) is 9.27. The molecule has 188 valence electrons. The number of benzene rings is 1. The number of fused-ring (bicyclic) bond motifs is 1. The quantitative estimate of drug-likeness (QED) is 0.402. The summed E-state index contributed by atoms with van der Waals surface area (Å²) < 4.78 is 0. The van der Waals surface area contributed by atoms with Crippen LogP contribution in [-0.2, 0) is 17.8 Å². The lowest BCUT2D eigenvalue weighted by Crippen LogP contribution is -2.43. The Balaban J connectivity index is 1.21. The monoisotopic (exact) mass is 481 g/mol. The standard InChI is InChI=1S/C25H35N7O3/c1-26-24(34)16-31-10-7-20(8-11-31)30-23-12-22(28-17-29-23)25(35)27-13-21(33)15-32-9-6-18-4-2-3-5-19(18)14-32/h2-5,12,17,20-21,33H,6-11,13-16H2,1H3,(H,26,34)(H,27,35)(H,28,29,30). The van der Waals surface area contributed by atoms with Gasteiger partial charge in [-0.25, -0.2) is 9.97 Å². The molecular formula is C25H35N7O3. The number of nitrogens with one attached hydrogen (secondary N) is 3. The van der Waals surface area contributed by atoms with E-state index >= 15 is 0 Å². The van der Waals surface area contributed by atoms with Gasteiger partial charge in [0.15, 0.2) is 0 Å². The summed E-state index contributed by atoms with van der Waals surface area (Å²) in [5.74, 6) is 0.288. The van der Waals surface area contributed by atoms with Crippen LogP contribution in [-0.4, -0.2) is 95.2 Å². The second kappa shape index (κ2) is 12.1. The lowest BCUT2D eigenvalue weighted by atomic mass is 10.00. The highest BCUT2D eigenvalue weighted by molar-refractivity contribution is 5.92. The fourth-order valence-corrected chi connectivity index (χ4v) is 4.66. The zero-order valence-electron chi connectivity index (χ0n) is 20.2. The number of carbonyl (C=O) groups is 2. The first-order valence-electron chi connectivity index (χ1n) is 12.3. The van der Waals surface area contributed by atoms with Crippen molar-refractivity contribution >= 4 is 17.6 Å². The number of aliphatic hydroxyl groups excluding tert-OH is 1. The number of piperidine rings is 1. The van der Waals surface area contributed by atoms with E-state index < -0.39 is 6.10 Å². The lowest BCUT2D eigenvalue weighted by Gasteiger charge is -2.32. The third-order valence-electron chi connectivity index (χ3n) is 6.66. The van der Waals surface area contributed by atoms with Gasteiger partial charge in [-0.05, 0) is 30.4 Å². The summed E-state index contributed by atoms with van der Waals surface area (Å²) in [5.41, 5.74) is 2.93. The van der Waals surface area contributed by atoms with Crippen molar-refractivity contribution < 1.29 is 14.7 Å². The number of aromatic nitrogens is 2. The molecule has 1 unspecified atom stereocenters. The molecule has 35 heavy (non-hydrogen) atoms. The number of anilines is 1. The predicted molar refractivity (Wildman–Crippen MR) is 133 cm³/mol. The van der Waals surface area contributed by atoms with E-state index in [1.165, 1.54) is 17.5 Å². The molecule has 0 spiro atoms. The van der Waals surface area contributed by atoms with E-state index in [1.54, 1.807) is 13.1 Å². The molecule has 0 radical (unpaired) electrons. The molecule has 2 amide bonds. The van der Waals surface area contributed by atoms with Crippen molar-refractivity contribution in [2.75, 3.05) is 51.6 Å². The number of β-amino-alcohol motifs (C(OH)–C–C–N with tert-alkyl or cyclic N) is 1. The predicted octanol–water partition coefficient (Wildman–Crippen LogP) is 0.248. The Bertz CT molecular complexity index is 1010. The zero-order chi connectivity index (χ0) is 24.6. The van der Waals surface area contributed by atoms with Gasteiger partial charge in [0.25, 0.3) is 5.91 Å². The van der Waals surface area contributed by atoms with Gasteiger partial charge in [-0.3, -0.25) is 19.4 Å². The highest BCUT2D eigenvalue weighted by Crippen LogP contribution is 2.18. The van der Waals surface area contributed by atoms with E-state index in [2.05, 4.69) is 53.9 Å². The Morgan fingerprint density at radius 1 is 1.11 bits per heavy atom. The first-order chi connectivity index (χ1) is 17.0. The van der Waals surface area contributed by atoms with Crippen LogP contribution in [0.4, 0.5) is 5.82 Å². The van der Waals surface area contributed by atoms with Gasteiger partial charge in [0, 0.05) is 58.4 Å². The molecule has 10 nitrogen and oxygen atoms in total. The summed E-state index contributed by atoms with van der Waals surface area (Å²) >= 11 is 0. The van der Waals surface area contributed by atoms with Crippen LogP contribution in [0.15, 0.2) is 36.7 Å². The van der Waals surface area contributed by atoms with Crippen LogP contribution in [0.5, 0.6) is 0 Å². The summed E-state index contributed by atoms with van der Waals surface area (Å²) in [6, 6.07) is 10.2. The molecule has 1 saturated heterocycles. The molecular weight excluding hydrogens is 446 g/mol. The van der Waals surface area contributed by atoms with Gasteiger partial charge in [0.2, 0.25) is 5.91 Å². The summed E-state index contributed by atoms with van der Waals surface area (Å²) in [6.45, 7) is 4.43. The summed E-state index contributed by atoms with van der Waals surface area (Å²) in [6.07, 6.45) is 3.45. The van der Waals surface area contributed by atoms with E-state index in [-0.39, 0.29) is 30.1 Å². The van der Waals surface area contributed by atoms with Crippen molar-refractivity contribution in [1.82, 2.24) is 30.4 Å². The first-order valence-corrected chi connectivity index (χ1v) is 12.3. The molecule has 4 N–H and O–H groups in total. The molecule has 0 bridgehead atoms. The molecule has 0 saturated carbocycles. The van der Waals surface area contributed by atoms with Crippen molar-refractivity contribution in [2.45, 2.75) is 38.0 Å². The maximum Gasteiger partial charge on any atom is 0.270 e. The fraction of sp³-hybridized carbons (Fsp3) is 0.520. The third kappa shape index (κ3) is 7.20. The Morgan fingerprint density at radius 2 is 1.89 bits per heavy atom. The van der Waals surface area contributed by atoms with Gasteiger partial charge < -0.3 is 21.1 Å². The number of aliphatic hydroxyl groups is 1. The van der Waals surface area contributed by atoms with Crippen LogP contribution in [0.1, 0.15) is 34.5 Å². The number of hydrogen-bond acceptors (Lipinski definition) is 8. The average Bonchev–Trinajstić information content (AvgIpc) is 2.88. The van der Waals surface area contributed by atoms with Crippen LogP contribution in [0.2, 0.25) is 0 Å². The largest absolute Gasteiger partial charge is 0.390 e. The van der Waals surface area contributed by atoms with Crippen molar-refractivity contribution in [3.8, 4) is 0 Å². The molecule has 3 heterocycles. The molecule has 0 aliphatic carbocycles. The highest BCUT2D eigenvalue weighted by Gasteiger charge is 2.22. The van der Waals surface area contributed by atoms with Crippen LogP contribution in [0.25, 0.3) is 0 Å². The van der Waals surface area contributed by atoms with Crippen molar-refractivity contribution in [3.05, 3.63) is 53.5 Å². The van der Waals surface area contributed by atoms with Gasteiger partial charge >= 0.3 is 0 Å². The number of rotatable bonds is 9. The minimum atomic E-state index is -0.663. The maximum atomic E-state index is 12.6. The number of carbonyl (C=O) groups excluding carboxylic acids is 2. The highest BCUT2D eigenvalue weighted by atomic mass is 16.3. The normalized spacial score (nSPS) is 17.9. The van der Waals surface area contributed by atoms with E-state index in [4.69, 9.17) is 0 Å². The molecule has 1 atom stereocenters. The number of likely N-dealkylation sites (N-methyl/N-ethyl adjacent to an activating group) is 1. The van der Waals surface area contributed by atoms with Gasteiger partial charge in [-0.2, -0.15) is 0 Å². The second-order valence-electron chi connectivity index (χ2n) is 9.27. The minimum Gasteiger partial charge on any atom is -0.390 e. The lowest BCUT2D eigenvalue weighted by molar-refractivity contribution is -0.122. The number of hydrogen-bond donors (Lipinski definition) is 4. The first kappa shape index (κ1) is 25.0. The Morgan fingerprint density at radius 3 is 2.66 bits per heavy atom. The Labute approximate surface area is 206 Å². The van der Waals surface area contributed by atoms with E-state index in [0.717, 1.165) is 45.4 Å². The zero-order valence-corrected chi connectivity index (χ0v) is 20.2. The third-order valence-corrected chi connectivity index (χ3v) is 6.66. The van der Waals surface area contributed by atoms with Crippen LogP contribution in [0, 0.1) is 0 Å². The minimum absolute atomic E-state index is 0.0224. The smallest absolute Gasteiger partial charge is 0.270 e. The molecule has 4 rings (SSSR count). The van der Waals surface area contributed by atoms with Gasteiger partial charge in [0.1, 0.15) is 17.8 Å². The van der Waals surface area contributed by atoms with Crippen LogP contribution < -0.4 is 16.0 Å². The Hall–Kier alpha value is -3.08. The SMILES string of the molecule is CNC(=O)CN1CCC(Nc2cc(C(=O)NCC(O)CN3CCc4ccccc4C3)ncn2)CC1. The number of nitrogens with zero attached hydrogens (tertiary/aromatic N) is 4. The topological polar surface area (TPSA) is 123 Å².